The van der Waals surface area contributed by atoms with Crippen molar-refractivity contribution in [3.8, 4) is 5.75 Å². The average molecular weight is 441 g/mol. The maximum atomic E-state index is 12.8. The minimum absolute atomic E-state index is 0.0305. The number of amides is 2. The van der Waals surface area contributed by atoms with E-state index in [4.69, 9.17) is 4.74 Å². The second-order valence-electron chi connectivity index (χ2n) is 7.78. The second-order valence-corrected chi connectivity index (χ2v) is 7.78. The summed E-state index contributed by atoms with van der Waals surface area (Å²) in [6.45, 7) is 5.97. The van der Waals surface area contributed by atoms with Gasteiger partial charge in [0.15, 0.2) is 6.10 Å². The summed E-state index contributed by atoms with van der Waals surface area (Å²) < 4.78 is 5.91. The molecular weight excluding hydrogens is 412 g/mol. The molecule has 2 aromatic carbocycles. The number of nitro groups is 1. The summed E-state index contributed by atoms with van der Waals surface area (Å²) in [5.41, 5.74) is 1.72. The molecule has 2 N–H and O–H groups in total. The predicted octanol–water partition coefficient (Wildman–Crippen LogP) is 3.41. The molecule has 9 heteroatoms. The van der Waals surface area contributed by atoms with Crippen LogP contribution < -0.4 is 20.3 Å². The lowest BCUT2D eigenvalue weighted by Gasteiger charge is -2.35. The van der Waals surface area contributed by atoms with E-state index in [-0.39, 0.29) is 36.6 Å². The van der Waals surface area contributed by atoms with E-state index in [1.807, 2.05) is 32.0 Å². The Hall–Kier alpha value is -3.62. The predicted molar refractivity (Wildman–Crippen MR) is 122 cm³/mol. The molecule has 2 amide bonds. The van der Waals surface area contributed by atoms with Crippen LogP contribution in [0.4, 0.5) is 17.1 Å². The number of anilines is 2. The molecule has 0 saturated heterocycles. The van der Waals surface area contributed by atoms with E-state index in [1.54, 1.807) is 24.0 Å². The van der Waals surface area contributed by atoms with Crippen LogP contribution in [0, 0.1) is 17.0 Å². The van der Waals surface area contributed by atoms with Crippen LogP contribution in [-0.2, 0) is 9.59 Å². The molecular formula is C23H28N4O5. The van der Waals surface area contributed by atoms with Gasteiger partial charge in [0.2, 0.25) is 5.91 Å². The number of carbonyl (C=O) groups excluding carboxylic acids is 2. The summed E-state index contributed by atoms with van der Waals surface area (Å²) in [5, 5.41) is 16.8. The summed E-state index contributed by atoms with van der Waals surface area (Å²) in [4.78, 5) is 37.9. The van der Waals surface area contributed by atoms with Gasteiger partial charge in [0, 0.05) is 18.2 Å². The maximum absolute atomic E-state index is 12.8. The number of nitrogens with zero attached hydrogens (tertiary/aromatic N) is 2. The van der Waals surface area contributed by atoms with Crippen LogP contribution in [0.3, 0.4) is 0 Å². The van der Waals surface area contributed by atoms with Crippen LogP contribution >= 0.6 is 0 Å². The van der Waals surface area contributed by atoms with E-state index in [0.717, 1.165) is 12.8 Å². The Kier molecular flexibility index (Phi) is 7.29. The van der Waals surface area contributed by atoms with Gasteiger partial charge in [-0.15, -0.1) is 0 Å². The Balaban J connectivity index is 1.76. The molecule has 0 aliphatic carbocycles. The van der Waals surface area contributed by atoms with Crippen LogP contribution in [0.5, 0.6) is 5.75 Å². The Morgan fingerprint density at radius 2 is 1.94 bits per heavy atom. The third-order valence-corrected chi connectivity index (χ3v) is 5.53. The second kappa shape index (κ2) is 10.1. The summed E-state index contributed by atoms with van der Waals surface area (Å²) in [5.74, 6) is -0.0274. The van der Waals surface area contributed by atoms with E-state index >= 15 is 0 Å². The lowest BCUT2D eigenvalue weighted by Crippen LogP contribution is -2.52. The summed E-state index contributed by atoms with van der Waals surface area (Å²) >= 11 is 0. The van der Waals surface area contributed by atoms with E-state index < -0.39 is 11.0 Å². The first kappa shape index (κ1) is 23.1. The van der Waals surface area contributed by atoms with Crippen molar-refractivity contribution in [2.24, 2.45) is 0 Å². The average Bonchev–Trinajstić information content (AvgIpc) is 2.78. The molecule has 0 fully saturated rings. The number of carbonyl (C=O) groups is 2. The number of ether oxygens (including phenoxy) is 1. The Bertz CT molecular complexity index is 1010. The molecule has 1 unspecified atom stereocenters. The zero-order valence-corrected chi connectivity index (χ0v) is 18.5. The topological polar surface area (TPSA) is 114 Å². The van der Waals surface area contributed by atoms with Crippen molar-refractivity contribution >= 4 is 28.9 Å². The van der Waals surface area contributed by atoms with Crippen molar-refractivity contribution in [3.63, 3.8) is 0 Å². The first-order chi connectivity index (χ1) is 15.3. The van der Waals surface area contributed by atoms with Crippen molar-refractivity contribution in [1.29, 1.82) is 0 Å². The van der Waals surface area contributed by atoms with Crippen molar-refractivity contribution < 1.29 is 19.2 Å². The van der Waals surface area contributed by atoms with Gasteiger partial charge in [-0.05, 0) is 37.5 Å². The van der Waals surface area contributed by atoms with Gasteiger partial charge in [-0.1, -0.05) is 32.0 Å². The van der Waals surface area contributed by atoms with Crippen molar-refractivity contribution in [1.82, 2.24) is 5.32 Å². The van der Waals surface area contributed by atoms with Crippen molar-refractivity contribution in [2.45, 2.75) is 45.8 Å². The minimum atomic E-state index is -0.752. The molecule has 0 spiro atoms. The fraction of sp³-hybridized carbons (Fsp3) is 0.391. The number of nitrogens with one attached hydrogen (secondary N) is 2. The molecule has 1 aliphatic rings. The highest BCUT2D eigenvalue weighted by Gasteiger charge is 2.32. The third-order valence-electron chi connectivity index (χ3n) is 5.53. The Labute approximate surface area is 186 Å². The quantitative estimate of drug-likeness (QED) is 0.480. The fourth-order valence-electron chi connectivity index (χ4n) is 3.60. The lowest BCUT2D eigenvalue weighted by atomic mass is 10.1. The van der Waals surface area contributed by atoms with Crippen LogP contribution in [-0.4, -0.2) is 42.0 Å². The van der Waals surface area contributed by atoms with Gasteiger partial charge >= 0.3 is 0 Å². The minimum Gasteiger partial charge on any atom is -0.477 e. The first-order valence-corrected chi connectivity index (χ1v) is 10.7. The number of aryl methyl sites for hydroxylation is 1. The molecule has 32 heavy (non-hydrogen) atoms. The Morgan fingerprint density at radius 3 is 2.62 bits per heavy atom. The smallest absolute Gasteiger partial charge is 0.271 e. The van der Waals surface area contributed by atoms with E-state index in [1.165, 1.54) is 12.1 Å². The maximum Gasteiger partial charge on any atom is 0.271 e. The standard InChI is InChI=1S/C23H28N4O5/c1-4-16(5-2)24-23(29)21-13-26(19-8-6-7-9-20(19)32-21)14-22(28)25-18-12-17(27(30)31)11-10-15(18)3/h6-12,16,21H,4-5,13-14H2,1-3H3,(H,24,29)(H,25,28). The molecule has 0 radical (unpaired) electrons. The monoisotopic (exact) mass is 440 g/mol. The van der Waals surface area contributed by atoms with Crippen LogP contribution in [0.15, 0.2) is 42.5 Å². The number of fused-ring (bicyclic) bond motifs is 1. The van der Waals surface area contributed by atoms with Gasteiger partial charge in [-0.25, -0.2) is 0 Å². The molecule has 170 valence electrons. The highest BCUT2D eigenvalue weighted by molar-refractivity contribution is 5.95. The number of benzene rings is 2. The summed E-state index contributed by atoms with van der Waals surface area (Å²) in [7, 11) is 0. The number of hydrogen-bond acceptors (Lipinski definition) is 6. The van der Waals surface area contributed by atoms with Crippen LogP contribution in [0.25, 0.3) is 0 Å². The first-order valence-electron chi connectivity index (χ1n) is 10.7. The fourth-order valence-corrected chi connectivity index (χ4v) is 3.60. The zero-order valence-electron chi connectivity index (χ0n) is 18.5. The number of rotatable bonds is 8. The molecule has 1 heterocycles. The molecule has 0 bridgehead atoms. The highest BCUT2D eigenvalue weighted by Crippen LogP contribution is 2.33. The Morgan fingerprint density at radius 1 is 1.22 bits per heavy atom. The SMILES string of the molecule is CCC(CC)NC(=O)C1CN(CC(=O)Nc2cc([N+](=O)[O-])ccc2C)c2ccccc2O1. The zero-order chi connectivity index (χ0) is 23.3. The van der Waals surface area contributed by atoms with E-state index in [9.17, 15) is 19.7 Å². The van der Waals surface area contributed by atoms with Gasteiger partial charge in [-0.3, -0.25) is 19.7 Å². The summed E-state index contributed by atoms with van der Waals surface area (Å²) in [6.07, 6.45) is 0.887. The molecule has 1 atom stereocenters. The van der Waals surface area contributed by atoms with Gasteiger partial charge in [0.1, 0.15) is 5.75 Å². The van der Waals surface area contributed by atoms with E-state index in [2.05, 4.69) is 10.6 Å². The lowest BCUT2D eigenvalue weighted by molar-refractivity contribution is -0.384. The van der Waals surface area contributed by atoms with Gasteiger partial charge in [0.05, 0.1) is 29.4 Å². The molecule has 0 saturated carbocycles. The molecule has 1 aliphatic heterocycles. The normalized spacial score (nSPS) is 15.0. The van der Waals surface area contributed by atoms with Gasteiger partial charge in [-0.2, -0.15) is 0 Å². The molecule has 3 rings (SSSR count). The van der Waals surface area contributed by atoms with Gasteiger partial charge < -0.3 is 20.3 Å². The molecule has 9 nitrogen and oxygen atoms in total. The molecule has 2 aromatic rings. The number of para-hydroxylation sites is 2. The summed E-state index contributed by atoms with van der Waals surface area (Å²) in [6, 6.07) is 11.6. The van der Waals surface area contributed by atoms with Crippen molar-refractivity contribution in [2.75, 3.05) is 23.3 Å². The largest absolute Gasteiger partial charge is 0.477 e. The third kappa shape index (κ3) is 5.35. The van der Waals surface area contributed by atoms with E-state index in [0.29, 0.717) is 22.7 Å². The van der Waals surface area contributed by atoms with Crippen LogP contribution in [0.2, 0.25) is 0 Å². The number of hydrogen-bond donors (Lipinski definition) is 2. The highest BCUT2D eigenvalue weighted by atomic mass is 16.6. The van der Waals surface area contributed by atoms with Crippen LogP contribution in [0.1, 0.15) is 32.3 Å². The molecule has 0 aromatic heterocycles. The number of non-ortho nitro benzene ring substituents is 1. The van der Waals surface area contributed by atoms with Crippen molar-refractivity contribution in [3.05, 3.63) is 58.1 Å². The number of nitro benzene ring substituents is 1. The van der Waals surface area contributed by atoms with Gasteiger partial charge in [0.25, 0.3) is 11.6 Å².